The topological polar surface area (TPSA) is 56.7 Å². The van der Waals surface area contributed by atoms with Crippen molar-refractivity contribution in [3.05, 3.63) is 84.3 Å². The van der Waals surface area contributed by atoms with E-state index in [0.717, 1.165) is 28.2 Å². The summed E-state index contributed by atoms with van der Waals surface area (Å²) in [5.41, 5.74) is 9.56. The van der Waals surface area contributed by atoms with Gasteiger partial charge in [0.15, 0.2) is 0 Å². The molecule has 0 atom stereocenters. The number of pyridine rings is 1. The molecule has 4 aromatic rings. The Morgan fingerprint density at radius 2 is 1.68 bits per heavy atom. The average molecular weight is 368 g/mol. The van der Waals surface area contributed by atoms with Gasteiger partial charge >= 0.3 is 0 Å². The third-order valence-electron chi connectivity index (χ3n) is 3.81. The quantitative estimate of drug-likeness (QED) is 0.436. The number of anilines is 1. The number of imidazole rings is 1. The Labute approximate surface area is 156 Å². The van der Waals surface area contributed by atoms with E-state index < -0.39 is 0 Å². The molecule has 0 fully saturated rings. The Hall–Kier alpha value is -2.88. The van der Waals surface area contributed by atoms with Gasteiger partial charge in [-0.1, -0.05) is 42.5 Å². The zero-order chi connectivity index (χ0) is 16.4. The summed E-state index contributed by atoms with van der Waals surface area (Å²) >= 11 is 0. The molecule has 0 bridgehead atoms. The van der Waals surface area contributed by atoms with Crippen LogP contribution in [0.3, 0.4) is 0 Å². The Bertz CT molecular complexity index is 1010. The Morgan fingerprint density at radius 1 is 0.880 bits per heavy atom. The van der Waals surface area contributed by atoms with Gasteiger partial charge in [-0.25, -0.2) is 9.97 Å². The molecule has 0 aliphatic rings. The van der Waals surface area contributed by atoms with Gasteiger partial charge in [0.2, 0.25) is 0 Å². The van der Waals surface area contributed by atoms with Gasteiger partial charge in [-0.2, -0.15) is 0 Å². The van der Waals surface area contributed by atoms with Crippen LogP contribution in [0.15, 0.2) is 72.9 Å². The molecule has 0 aliphatic carbocycles. The van der Waals surface area contributed by atoms with E-state index in [1.54, 1.807) is 6.20 Å². The Morgan fingerprint density at radius 3 is 2.44 bits per heavy atom. The van der Waals surface area contributed by atoms with Gasteiger partial charge < -0.3 is 5.73 Å². The van der Waals surface area contributed by atoms with Crippen molar-refractivity contribution in [3.8, 4) is 5.82 Å². The van der Waals surface area contributed by atoms with Gasteiger partial charge in [0.05, 0.1) is 11.0 Å². The summed E-state index contributed by atoms with van der Waals surface area (Å²) in [4.78, 5) is 9.19. The molecule has 0 unspecified atom stereocenters. The summed E-state index contributed by atoms with van der Waals surface area (Å²) in [6.45, 7) is 0. The SMILES string of the molecule is Nc1ccc2c(c1)nc(C=Cc1ccccc1)n2-c1ccccn1.[Fe]. The first kappa shape index (κ1) is 17.0. The van der Waals surface area contributed by atoms with Gasteiger partial charge in [0.1, 0.15) is 11.6 Å². The number of rotatable bonds is 3. The molecule has 25 heavy (non-hydrogen) atoms. The minimum Gasteiger partial charge on any atom is -0.399 e. The van der Waals surface area contributed by atoms with Crippen molar-refractivity contribution in [1.82, 2.24) is 14.5 Å². The molecule has 0 aliphatic heterocycles. The molecule has 2 heterocycles. The van der Waals surface area contributed by atoms with Crippen LogP contribution in [0.2, 0.25) is 0 Å². The molecule has 2 aromatic carbocycles. The average Bonchev–Trinajstić information content (AvgIpc) is 2.99. The van der Waals surface area contributed by atoms with Crippen molar-refractivity contribution >= 4 is 28.9 Å². The molecule has 0 radical (unpaired) electrons. The van der Waals surface area contributed by atoms with Crippen LogP contribution in [-0.2, 0) is 17.1 Å². The largest absolute Gasteiger partial charge is 0.399 e. The monoisotopic (exact) mass is 368 g/mol. The van der Waals surface area contributed by atoms with Gasteiger partial charge in [0.25, 0.3) is 0 Å². The molecule has 124 valence electrons. The van der Waals surface area contributed by atoms with Gasteiger partial charge in [-0.05, 0) is 42.0 Å². The summed E-state index contributed by atoms with van der Waals surface area (Å²) in [5, 5.41) is 0. The number of nitrogens with two attached hydrogens (primary N) is 1. The Balaban J connectivity index is 0.00000182. The van der Waals surface area contributed by atoms with E-state index in [0.29, 0.717) is 5.69 Å². The second kappa shape index (κ2) is 7.34. The zero-order valence-corrected chi connectivity index (χ0v) is 14.5. The number of hydrogen-bond acceptors (Lipinski definition) is 3. The summed E-state index contributed by atoms with van der Waals surface area (Å²) < 4.78 is 2.04. The minimum absolute atomic E-state index is 0. The Kier molecular flexibility index (Phi) is 4.98. The first-order valence-electron chi connectivity index (χ1n) is 7.74. The molecule has 2 aromatic heterocycles. The van der Waals surface area contributed by atoms with Crippen molar-refractivity contribution in [2.24, 2.45) is 0 Å². The molecule has 0 saturated carbocycles. The third kappa shape index (κ3) is 3.48. The number of benzene rings is 2. The van der Waals surface area contributed by atoms with Gasteiger partial charge in [-0.3, -0.25) is 4.57 Å². The fourth-order valence-corrected chi connectivity index (χ4v) is 2.69. The molecule has 5 heteroatoms. The second-order valence-electron chi connectivity index (χ2n) is 5.49. The first-order chi connectivity index (χ1) is 11.8. The van der Waals surface area contributed by atoms with Crippen molar-refractivity contribution in [1.29, 1.82) is 0 Å². The maximum absolute atomic E-state index is 5.90. The minimum atomic E-state index is 0. The summed E-state index contributed by atoms with van der Waals surface area (Å²) in [6, 6.07) is 21.7. The smallest absolute Gasteiger partial charge is 0.139 e. The summed E-state index contributed by atoms with van der Waals surface area (Å²) in [5.74, 6) is 1.65. The van der Waals surface area contributed by atoms with E-state index in [1.807, 2.05) is 71.3 Å². The fourth-order valence-electron chi connectivity index (χ4n) is 2.69. The van der Waals surface area contributed by atoms with Crippen molar-refractivity contribution < 1.29 is 17.1 Å². The molecular formula is C20H16FeN4. The van der Waals surface area contributed by atoms with Crippen molar-refractivity contribution in [2.45, 2.75) is 0 Å². The van der Waals surface area contributed by atoms with Crippen LogP contribution in [0.4, 0.5) is 5.69 Å². The van der Waals surface area contributed by atoms with Gasteiger partial charge in [-0.15, -0.1) is 0 Å². The van der Waals surface area contributed by atoms with Crippen LogP contribution in [0, 0.1) is 0 Å². The number of nitrogens with zero attached hydrogens (tertiary/aromatic N) is 3. The molecule has 2 N–H and O–H groups in total. The molecule has 4 rings (SSSR count). The molecule has 0 spiro atoms. The van der Waals surface area contributed by atoms with E-state index in [9.17, 15) is 0 Å². The predicted molar refractivity (Wildman–Crippen MR) is 98.6 cm³/mol. The van der Waals surface area contributed by atoms with Crippen LogP contribution in [0.1, 0.15) is 11.4 Å². The third-order valence-corrected chi connectivity index (χ3v) is 3.81. The van der Waals surface area contributed by atoms with E-state index >= 15 is 0 Å². The summed E-state index contributed by atoms with van der Waals surface area (Å²) in [6.07, 6.45) is 5.83. The fraction of sp³-hybridized carbons (Fsp3) is 0. The van der Waals surface area contributed by atoms with E-state index in [-0.39, 0.29) is 17.1 Å². The normalized spacial score (nSPS) is 10.9. The maximum Gasteiger partial charge on any atom is 0.139 e. The van der Waals surface area contributed by atoms with Gasteiger partial charge in [0, 0.05) is 29.0 Å². The van der Waals surface area contributed by atoms with Crippen LogP contribution in [-0.4, -0.2) is 14.5 Å². The number of fused-ring (bicyclic) bond motifs is 1. The first-order valence-corrected chi connectivity index (χ1v) is 7.74. The molecule has 4 nitrogen and oxygen atoms in total. The number of nitrogen functional groups attached to an aromatic ring is 1. The molecular weight excluding hydrogens is 352 g/mol. The standard InChI is InChI=1S/C20H16N4.Fe/c21-16-10-11-18-17(14-16)23-20(12-9-15-6-2-1-3-7-15)24(18)19-8-4-5-13-22-19;/h1-14H,21H2;. The van der Waals surface area contributed by atoms with Crippen LogP contribution in [0.5, 0.6) is 0 Å². The van der Waals surface area contributed by atoms with E-state index in [2.05, 4.69) is 17.1 Å². The predicted octanol–water partition coefficient (Wildman–Crippen LogP) is 4.17. The van der Waals surface area contributed by atoms with Crippen LogP contribution < -0.4 is 5.73 Å². The maximum atomic E-state index is 5.90. The van der Waals surface area contributed by atoms with Crippen LogP contribution in [0.25, 0.3) is 29.0 Å². The van der Waals surface area contributed by atoms with Crippen LogP contribution >= 0.6 is 0 Å². The molecule has 0 saturated heterocycles. The summed E-state index contributed by atoms with van der Waals surface area (Å²) in [7, 11) is 0. The molecule has 0 amide bonds. The second-order valence-corrected chi connectivity index (χ2v) is 5.49. The number of aromatic nitrogens is 3. The van der Waals surface area contributed by atoms with Crippen molar-refractivity contribution in [2.75, 3.05) is 5.73 Å². The van der Waals surface area contributed by atoms with E-state index in [1.165, 1.54) is 0 Å². The van der Waals surface area contributed by atoms with Crippen molar-refractivity contribution in [3.63, 3.8) is 0 Å². The number of hydrogen-bond donors (Lipinski definition) is 1. The zero-order valence-electron chi connectivity index (χ0n) is 13.4. The van der Waals surface area contributed by atoms with E-state index in [4.69, 9.17) is 10.7 Å².